The Morgan fingerprint density at radius 3 is 1.63 bits per heavy atom. The van der Waals surface area contributed by atoms with Crippen molar-refractivity contribution in [2.24, 2.45) is 5.92 Å². The molecule has 3 unspecified atom stereocenters. The summed E-state index contributed by atoms with van der Waals surface area (Å²) in [5.74, 6) is 0.866. The lowest BCUT2D eigenvalue weighted by molar-refractivity contribution is -0.299. The van der Waals surface area contributed by atoms with Gasteiger partial charge in [-0.05, 0) is 30.8 Å². The maximum absolute atomic E-state index is 10.8. The fourth-order valence-electron chi connectivity index (χ4n) is 6.43. The summed E-state index contributed by atoms with van der Waals surface area (Å²) < 4.78 is 11.4. The molecule has 5 N–H and O–H groups in total. The quantitative estimate of drug-likeness (QED) is 0.0375. The van der Waals surface area contributed by atoms with Gasteiger partial charge in [0.05, 0.1) is 19.3 Å². The molecule has 0 bridgehead atoms. The lowest BCUT2D eigenvalue weighted by Gasteiger charge is -2.39. The zero-order chi connectivity index (χ0) is 33.8. The van der Waals surface area contributed by atoms with Crippen molar-refractivity contribution in [2.45, 2.75) is 218 Å². The van der Waals surface area contributed by atoms with E-state index in [-0.39, 0.29) is 6.61 Å². The normalized spacial score (nSPS) is 23.6. The van der Waals surface area contributed by atoms with E-state index in [0.717, 1.165) is 50.0 Å². The van der Waals surface area contributed by atoms with E-state index in [2.05, 4.69) is 20.8 Å². The van der Waals surface area contributed by atoms with Crippen LogP contribution in [0.3, 0.4) is 0 Å². The van der Waals surface area contributed by atoms with E-state index in [1.54, 1.807) is 0 Å². The van der Waals surface area contributed by atoms with E-state index in [1.165, 1.54) is 122 Å². The molecule has 0 aromatic heterocycles. The van der Waals surface area contributed by atoms with Gasteiger partial charge < -0.3 is 35.0 Å². The highest BCUT2D eigenvalue weighted by Gasteiger charge is 2.44. The molecule has 0 radical (unpaired) electrons. The minimum atomic E-state index is -1.46. The van der Waals surface area contributed by atoms with E-state index in [1.807, 2.05) is 6.08 Å². The summed E-state index contributed by atoms with van der Waals surface area (Å²) in [5, 5.41) is 50.9. The van der Waals surface area contributed by atoms with Crippen molar-refractivity contribution in [2.75, 3.05) is 13.2 Å². The Kier molecular flexibility index (Phi) is 27.8. The maximum atomic E-state index is 10.8. The second-order valence-corrected chi connectivity index (χ2v) is 14.3. The van der Waals surface area contributed by atoms with E-state index >= 15 is 0 Å². The molecule has 0 aliphatic carbocycles. The molecule has 1 rings (SSSR count). The Morgan fingerprint density at radius 1 is 0.652 bits per heavy atom. The van der Waals surface area contributed by atoms with Crippen LogP contribution >= 0.6 is 0 Å². The van der Waals surface area contributed by atoms with Crippen molar-refractivity contribution in [1.82, 2.24) is 0 Å². The van der Waals surface area contributed by atoms with Crippen molar-refractivity contribution in [3.63, 3.8) is 0 Å². The van der Waals surface area contributed by atoms with Crippen molar-refractivity contribution >= 4 is 0 Å². The summed E-state index contributed by atoms with van der Waals surface area (Å²) in [6, 6.07) is 0. The predicted molar refractivity (Wildman–Crippen MR) is 190 cm³/mol. The monoisotopic (exact) mass is 657 g/mol. The van der Waals surface area contributed by atoms with E-state index in [4.69, 9.17) is 9.47 Å². The first-order valence-electron chi connectivity index (χ1n) is 19.6. The standard InChI is InChI=1S/C39H76O7/c1-4-6-7-8-9-10-11-12-15-18-21-24-27-33(31-45-39-38(44)37(43)36(42)35(30-40)46-39)29-34(41)28-25-22-19-16-13-14-17-20-23-26-32(3)5-2/h29,32,34-44H,4-28,30-31H2,1-3H3/b33-29+/t32?,34-,35?,36+,37+,38+,39?/m0/s1. The third-order valence-corrected chi connectivity index (χ3v) is 9.95. The first kappa shape index (κ1) is 43.5. The average Bonchev–Trinajstić information content (AvgIpc) is 3.05. The van der Waals surface area contributed by atoms with Gasteiger partial charge in [0.15, 0.2) is 6.29 Å². The lowest BCUT2D eigenvalue weighted by Crippen LogP contribution is -2.59. The van der Waals surface area contributed by atoms with Gasteiger partial charge in [0, 0.05) is 0 Å². The minimum absolute atomic E-state index is 0.162. The van der Waals surface area contributed by atoms with Gasteiger partial charge in [-0.15, -0.1) is 0 Å². The van der Waals surface area contributed by atoms with Crippen LogP contribution in [-0.4, -0.2) is 75.6 Å². The number of hydrogen-bond acceptors (Lipinski definition) is 7. The molecule has 0 amide bonds. The molecule has 7 nitrogen and oxygen atoms in total. The SMILES string of the molecule is CCCCCCCCCCCCCC/C(=C\[C@@H](O)CCCCCCCCCCCC(C)CC)COC1OC(CO)[C@@H](O)[C@@H](O)[C@H]1O. The van der Waals surface area contributed by atoms with E-state index in [0.29, 0.717) is 0 Å². The van der Waals surface area contributed by atoms with Crippen LogP contribution in [-0.2, 0) is 9.47 Å². The molecule has 7 atom stereocenters. The van der Waals surface area contributed by atoms with Crippen molar-refractivity contribution in [1.29, 1.82) is 0 Å². The summed E-state index contributed by atoms with van der Waals surface area (Å²) in [4.78, 5) is 0. The van der Waals surface area contributed by atoms with Gasteiger partial charge in [-0.25, -0.2) is 0 Å². The molecule has 0 aromatic rings. The van der Waals surface area contributed by atoms with Gasteiger partial charge in [-0.3, -0.25) is 0 Å². The molecule has 0 aromatic carbocycles. The van der Waals surface area contributed by atoms with Gasteiger partial charge in [-0.2, -0.15) is 0 Å². The highest BCUT2D eigenvalue weighted by molar-refractivity contribution is 5.06. The van der Waals surface area contributed by atoms with Gasteiger partial charge in [-0.1, -0.05) is 168 Å². The van der Waals surface area contributed by atoms with Crippen LogP contribution in [0.2, 0.25) is 0 Å². The topological polar surface area (TPSA) is 120 Å². The first-order chi connectivity index (χ1) is 22.3. The van der Waals surface area contributed by atoms with E-state index < -0.39 is 43.4 Å². The van der Waals surface area contributed by atoms with Crippen molar-refractivity contribution in [3.8, 4) is 0 Å². The fourth-order valence-corrected chi connectivity index (χ4v) is 6.43. The summed E-state index contributed by atoms with van der Waals surface area (Å²) in [5.41, 5.74) is 0.963. The van der Waals surface area contributed by atoms with Crippen LogP contribution in [0.4, 0.5) is 0 Å². The van der Waals surface area contributed by atoms with Gasteiger partial charge in [0.1, 0.15) is 24.4 Å². The van der Waals surface area contributed by atoms with Crippen LogP contribution in [0.5, 0.6) is 0 Å². The zero-order valence-corrected chi connectivity index (χ0v) is 30.3. The number of hydrogen-bond donors (Lipinski definition) is 5. The molecule has 1 heterocycles. The Morgan fingerprint density at radius 2 is 1.13 bits per heavy atom. The number of aliphatic hydroxyl groups is 5. The Labute approximate surface area is 283 Å². The molecule has 1 fully saturated rings. The Bertz CT molecular complexity index is 700. The van der Waals surface area contributed by atoms with Gasteiger partial charge >= 0.3 is 0 Å². The van der Waals surface area contributed by atoms with Gasteiger partial charge in [0.2, 0.25) is 0 Å². The number of unbranched alkanes of at least 4 members (excludes halogenated alkanes) is 19. The van der Waals surface area contributed by atoms with Crippen LogP contribution in [0.15, 0.2) is 11.6 Å². The molecule has 1 aliphatic rings. The highest BCUT2D eigenvalue weighted by Crippen LogP contribution is 2.24. The van der Waals surface area contributed by atoms with Crippen LogP contribution in [0.25, 0.3) is 0 Å². The second kappa shape index (κ2) is 29.4. The maximum Gasteiger partial charge on any atom is 0.187 e. The first-order valence-corrected chi connectivity index (χ1v) is 19.6. The molecule has 1 saturated heterocycles. The lowest BCUT2D eigenvalue weighted by atomic mass is 9.99. The second-order valence-electron chi connectivity index (χ2n) is 14.3. The van der Waals surface area contributed by atoms with Gasteiger partial charge in [0.25, 0.3) is 0 Å². The molecule has 46 heavy (non-hydrogen) atoms. The number of ether oxygens (including phenoxy) is 2. The molecular formula is C39H76O7. The molecule has 0 saturated carbocycles. The third kappa shape index (κ3) is 21.4. The van der Waals surface area contributed by atoms with Crippen LogP contribution < -0.4 is 0 Å². The van der Waals surface area contributed by atoms with E-state index in [9.17, 15) is 25.5 Å². The largest absolute Gasteiger partial charge is 0.394 e. The summed E-state index contributed by atoms with van der Waals surface area (Å²) in [6.07, 6.45) is 25.8. The average molecular weight is 657 g/mol. The zero-order valence-electron chi connectivity index (χ0n) is 30.3. The molecule has 0 spiro atoms. The summed E-state index contributed by atoms with van der Waals surface area (Å²) >= 11 is 0. The molecule has 274 valence electrons. The molecule has 7 heteroatoms. The molecule has 1 aliphatic heterocycles. The Balaban J connectivity index is 2.39. The smallest absolute Gasteiger partial charge is 0.187 e. The van der Waals surface area contributed by atoms with Crippen molar-refractivity contribution in [3.05, 3.63) is 11.6 Å². The fraction of sp³-hybridized carbons (Fsp3) is 0.949. The summed E-state index contributed by atoms with van der Waals surface area (Å²) in [6.45, 7) is 6.57. The molecular weight excluding hydrogens is 580 g/mol. The summed E-state index contributed by atoms with van der Waals surface area (Å²) in [7, 11) is 0. The Hall–Kier alpha value is -0.540. The van der Waals surface area contributed by atoms with Crippen LogP contribution in [0, 0.1) is 5.92 Å². The number of rotatable bonds is 31. The predicted octanol–water partition coefficient (Wildman–Crippen LogP) is 8.52. The highest BCUT2D eigenvalue weighted by atomic mass is 16.7. The third-order valence-electron chi connectivity index (χ3n) is 9.95. The minimum Gasteiger partial charge on any atom is -0.394 e. The number of aliphatic hydroxyl groups excluding tert-OH is 5. The van der Waals surface area contributed by atoms with Crippen LogP contribution in [0.1, 0.15) is 181 Å². The van der Waals surface area contributed by atoms with Crippen molar-refractivity contribution < 1.29 is 35.0 Å².